The summed E-state index contributed by atoms with van der Waals surface area (Å²) in [5.74, 6) is 8.05. The van der Waals surface area contributed by atoms with Crippen molar-refractivity contribution in [1.82, 2.24) is 0 Å². The fourth-order valence-electron chi connectivity index (χ4n) is 5.54. The molecule has 0 radical (unpaired) electrons. The van der Waals surface area contributed by atoms with Gasteiger partial charge in [0, 0.05) is 17.0 Å². The molecular weight excluding hydrogens is 540 g/mol. The number of ether oxygens (including phenoxy) is 5. The van der Waals surface area contributed by atoms with Crippen LogP contribution in [-0.4, -0.2) is 44.7 Å². The van der Waals surface area contributed by atoms with Crippen LogP contribution in [0.15, 0.2) is 84.9 Å². The lowest BCUT2D eigenvalue weighted by molar-refractivity contribution is 0.124. The van der Waals surface area contributed by atoms with Gasteiger partial charge in [-0.3, -0.25) is 0 Å². The summed E-state index contributed by atoms with van der Waals surface area (Å²) < 4.78 is 29.1. The largest absolute Gasteiger partial charge is 0.508 e. The van der Waals surface area contributed by atoms with Gasteiger partial charge in [-0.05, 0) is 75.6 Å². The Bertz CT molecular complexity index is 1730. The van der Waals surface area contributed by atoms with Crippen molar-refractivity contribution in [1.29, 1.82) is 0 Å². The second-order valence-electron chi connectivity index (χ2n) is 10.1. The molecule has 1 heterocycles. The average Bonchev–Trinajstić information content (AvgIpc) is 3.03. The van der Waals surface area contributed by atoms with E-state index in [0.717, 1.165) is 61.2 Å². The predicted molar refractivity (Wildman–Crippen MR) is 167 cm³/mol. The van der Waals surface area contributed by atoms with E-state index in [9.17, 15) is 5.11 Å². The zero-order valence-corrected chi connectivity index (χ0v) is 23.5. The van der Waals surface area contributed by atoms with Crippen LogP contribution in [-0.2, 0) is 9.47 Å². The van der Waals surface area contributed by atoms with E-state index in [2.05, 4.69) is 24.0 Å². The quantitative estimate of drug-likeness (QED) is 0.133. The Kier molecular flexibility index (Phi) is 8.33. The molecule has 1 aliphatic heterocycles. The third-order valence-electron chi connectivity index (χ3n) is 7.37. The maximum absolute atomic E-state index is 10.1. The van der Waals surface area contributed by atoms with Gasteiger partial charge in [0.15, 0.2) is 0 Å². The maximum atomic E-state index is 10.1. The van der Waals surface area contributed by atoms with Gasteiger partial charge in [-0.1, -0.05) is 48.2 Å². The molecule has 43 heavy (non-hydrogen) atoms. The van der Waals surface area contributed by atoms with E-state index >= 15 is 0 Å². The average molecular weight is 571 g/mol. The van der Waals surface area contributed by atoms with Crippen molar-refractivity contribution in [2.24, 2.45) is 0 Å². The molecule has 214 valence electrons. The van der Waals surface area contributed by atoms with Crippen molar-refractivity contribution < 1.29 is 28.8 Å². The normalized spacial score (nSPS) is 12.1. The molecule has 5 aromatic carbocycles. The number of phenols is 1. The third-order valence-corrected chi connectivity index (χ3v) is 7.37. The van der Waals surface area contributed by atoms with E-state index < -0.39 is 0 Å². The highest BCUT2D eigenvalue weighted by Crippen LogP contribution is 2.52. The number of rotatable bonds is 11. The fourth-order valence-corrected chi connectivity index (χ4v) is 5.54. The van der Waals surface area contributed by atoms with Crippen LogP contribution in [0, 0.1) is 24.7 Å². The zero-order valence-electron chi connectivity index (χ0n) is 23.5. The van der Waals surface area contributed by atoms with Gasteiger partial charge in [-0.2, -0.15) is 0 Å². The van der Waals surface area contributed by atoms with Gasteiger partial charge in [0.1, 0.15) is 55.2 Å². The zero-order chi connectivity index (χ0) is 29.6. The van der Waals surface area contributed by atoms with E-state index in [1.807, 2.05) is 60.7 Å². The van der Waals surface area contributed by atoms with Crippen LogP contribution in [0.2, 0.25) is 0 Å². The van der Waals surface area contributed by atoms with Crippen LogP contribution >= 0.6 is 0 Å². The molecule has 0 atom stereocenters. The Morgan fingerprint density at radius 2 is 1.14 bits per heavy atom. The van der Waals surface area contributed by atoms with Gasteiger partial charge in [-0.15, -0.1) is 12.8 Å². The van der Waals surface area contributed by atoms with Crippen molar-refractivity contribution in [2.75, 3.05) is 39.6 Å². The number of hydrogen-bond donors (Lipinski definition) is 1. The van der Waals surface area contributed by atoms with Crippen molar-refractivity contribution in [3.8, 4) is 53.4 Å². The minimum absolute atomic E-state index is 0.153. The minimum atomic E-state index is -0.153. The second-order valence-corrected chi connectivity index (χ2v) is 10.1. The van der Waals surface area contributed by atoms with Crippen molar-refractivity contribution >= 4 is 21.5 Å². The number of benzene rings is 5. The number of fused-ring (bicyclic) bond motifs is 6. The summed E-state index contributed by atoms with van der Waals surface area (Å²) in [6, 6.07) is 27.6. The smallest absolute Gasteiger partial charge is 0.132 e. The number of aromatic hydroxyl groups is 1. The highest BCUT2D eigenvalue weighted by molar-refractivity contribution is 5.96. The number of phenolic OH excluding ortho intramolecular Hbond substituents is 1. The Hall–Kier alpha value is -5.14. The Morgan fingerprint density at radius 1 is 0.628 bits per heavy atom. The van der Waals surface area contributed by atoms with Crippen molar-refractivity contribution in [2.45, 2.75) is 5.92 Å². The Balaban J connectivity index is 1.40. The molecular formula is C37H30O6. The standard InChI is InChI=1S/C37H30O6/c1-3-17-39-19-21-41-29-11-13-31-26(23-29)7-15-33-36(31)35(25-5-9-28(38)10-6-25)37-32-14-12-30(42-22-20-40-18-4-2)24-27(32)8-16-34(37)43-33/h1-2,5-16,23-24,35,38H,17-22H2. The summed E-state index contributed by atoms with van der Waals surface area (Å²) in [6.45, 7) is 2.16. The van der Waals surface area contributed by atoms with Crippen LogP contribution in [0.5, 0.6) is 28.7 Å². The first-order valence-electron chi connectivity index (χ1n) is 14.0. The van der Waals surface area contributed by atoms with Gasteiger partial charge in [0.05, 0.1) is 13.2 Å². The molecule has 0 unspecified atom stereocenters. The highest BCUT2D eigenvalue weighted by atomic mass is 16.5. The topological polar surface area (TPSA) is 66.4 Å². The molecule has 5 aromatic rings. The lowest BCUT2D eigenvalue weighted by Gasteiger charge is -2.31. The van der Waals surface area contributed by atoms with Gasteiger partial charge < -0.3 is 28.8 Å². The van der Waals surface area contributed by atoms with Crippen LogP contribution in [0.1, 0.15) is 22.6 Å². The van der Waals surface area contributed by atoms with Crippen LogP contribution in [0.25, 0.3) is 21.5 Å². The SMILES string of the molecule is C#CCOCCOc1ccc2c3c(ccc2c1)Oc1ccc2cc(OCCOCC#C)ccc2c1C3c1ccc(O)cc1. The number of terminal acetylenes is 2. The van der Waals surface area contributed by atoms with Gasteiger partial charge in [0.2, 0.25) is 0 Å². The van der Waals surface area contributed by atoms with Crippen LogP contribution in [0.3, 0.4) is 0 Å². The molecule has 1 aliphatic rings. The van der Waals surface area contributed by atoms with E-state index in [0.29, 0.717) is 26.4 Å². The molecule has 0 spiro atoms. The molecule has 6 heteroatoms. The third kappa shape index (κ3) is 5.94. The molecule has 0 amide bonds. The van der Waals surface area contributed by atoms with Crippen molar-refractivity contribution in [3.05, 3.63) is 102 Å². The molecule has 6 rings (SSSR count). The summed E-state index contributed by atoms with van der Waals surface area (Å²) in [7, 11) is 0. The first kappa shape index (κ1) is 28.0. The van der Waals surface area contributed by atoms with E-state index in [-0.39, 0.29) is 24.9 Å². The lowest BCUT2D eigenvalue weighted by atomic mass is 9.78. The molecule has 0 bridgehead atoms. The van der Waals surface area contributed by atoms with Gasteiger partial charge in [0.25, 0.3) is 0 Å². The van der Waals surface area contributed by atoms with Gasteiger partial charge >= 0.3 is 0 Å². The molecule has 0 aliphatic carbocycles. The Morgan fingerprint density at radius 3 is 1.63 bits per heavy atom. The second kappa shape index (κ2) is 12.8. The van der Waals surface area contributed by atoms with Crippen LogP contribution in [0.4, 0.5) is 0 Å². The summed E-state index contributed by atoms with van der Waals surface area (Å²) in [4.78, 5) is 0. The monoisotopic (exact) mass is 570 g/mol. The molecule has 1 N–H and O–H groups in total. The first-order chi connectivity index (χ1) is 21.2. The van der Waals surface area contributed by atoms with E-state index in [1.54, 1.807) is 12.1 Å². The Labute approximate surface area is 250 Å². The minimum Gasteiger partial charge on any atom is -0.508 e. The van der Waals surface area contributed by atoms with Crippen molar-refractivity contribution in [3.63, 3.8) is 0 Å². The predicted octanol–water partition coefficient (Wildman–Crippen LogP) is 7.04. The fraction of sp³-hybridized carbons (Fsp3) is 0.189. The van der Waals surface area contributed by atoms with E-state index in [1.165, 1.54) is 0 Å². The van der Waals surface area contributed by atoms with Crippen LogP contribution < -0.4 is 14.2 Å². The summed E-state index contributed by atoms with van der Waals surface area (Å²) >= 11 is 0. The maximum Gasteiger partial charge on any atom is 0.132 e. The molecule has 0 aromatic heterocycles. The van der Waals surface area contributed by atoms with E-state index in [4.69, 9.17) is 36.5 Å². The summed E-state index contributed by atoms with van der Waals surface area (Å²) in [5.41, 5.74) is 3.15. The molecule has 0 saturated carbocycles. The summed E-state index contributed by atoms with van der Waals surface area (Å²) in [5, 5.41) is 14.3. The number of hydrogen-bond acceptors (Lipinski definition) is 6. The molecule has 6 nitrogen and oxygen atoms in total. The first-order valence-corrected chi connectivity index (χ1v) is 14.0. The highest BCUT2D eigenvalue weighted by Gasteiger charge is 2.32. The lowest BCUT2D eigenvalue weighted by Crippen LogP contribution is -2.13. The molecule has 0 saturated heterocycles. The summed E-state index contributed by atoms with van der Waals surface area (Å²) in [6.07, 6.45) is 10.5. The van der Waals surface area contributed by atoms with Gasteiger partial charge in [-0.25, -0.2) is 0 Å². The molecule has 0 fully saturated rings.